The van der Waals surface area contributed by atoms with Crippen molar-refractivity contribution in [3.63, 3.8) is 0 Å². The first-order chi connectivity index (χ1) is 14.2. The van der Waals surface area contributed by atoms with E-state index in [-0.39, 0.29) is 0 Å². The van der Waals surface area contributed by atoms with Crippen LogP contribution in [0.5, 0.6) is 0 Å². The van der Waals surface area contributed by atoms with E-state index >= 15 is 0 Å². The van der Waals surface area contributed by atoms with E-state index in [1.165, 1.54) is 39.5 Å². The summed E-state index contributed by atoms with van der Waals surface area (Å²) in [6.07, 6.45) is 4.35. The summed E-state index contributed by atoms with van der Waals surface area (Å²) in [4.78, 5) is 17.2. The van der Waals surface area contributed by atoms with Crippen LogP contribution in [0.25, 0.3) is 10.2 Å². The quantitative estimate of drug-likeness (QED) is 0.651. The number of hydrogen-bond donors (Lipinski definition) is 0. The molecule has 0 spiro atoms. The van der Waals surface area contributed by atoms with Crippen LogP contribution in [0.2, 0.25) is 0 Å². The van der Waals surface area contributed by atoms with Gasteiger partial charge in [-0.15, -0.1) is 11.3 Å². The Morgan fingerprint density at radius 2 is 1.93 bits per heavy atom. The van der Waals surface area contributed by atoms with Gasteiger partial charge in [-0.3, -0.25) is 9.88 Å². The zero-order valence-electron chi connectivity index (χ0n) is 17.3. The number of benzene rings is 1. The lowest BCUT2D eigenvalue weighted by atomic mass is 10.1. The molecule has 0 radical (unpaired) electrons. The third-order valence-corrected chi connectivity index (χ3v) is 7.43. The molecule has 2 saturated heterocycles. The van der Waals surface area contributed by atoms with Gasteiger partial charge >= 0.3 is 0 Å². The zero-order valence-corrected chi connectivity index (χ0v) is 18.2. The molecular weight excluding hydrogens is 378 g/mol. The fourth-order valence-electron chi connectivity index (χ4n) is 4.69. The number of likely N-dealkylation sites (tertiary alicyclic amines) is 1. The number of piperazine rings is 1. The zero-order chi connectivity index (χ0) is 19.8. The van der Waals surface area contributed by atoms with Gasteiger partial charge in [-0.25, -0.2) is 4.98 Å². The SMILES string of the molecule is Cc1cccnc1C1CCCN1Cc1nc2cccc(N3CCN(C)CC3)c2s1. The Hall–Kier alpha value is -2.02. The van der Waals surface area contributed by atoms with Gasteiger partial charge in [0.05, 0.1) is 34.2 Å². The highest BCUT2D eigenvalue weighted by Crippen LogP contribution is 2.37. The Kier molecular flexibility index (Phi) is 5.24. The van der Waals surface area contributed by atoms with Crippen LogP contribution in [0, 0.1) is 6.92 Å². The van der Waals surface area contributed by atoms with Gasteiger partial charge in [0, 0.05) is 32.4 Å². The lowest BCUT2D eigenvalue weighted by Gasteiger charge is -2.34. The Balaban J connectivity index is 1.40. The fraction of sp³-hybridized carbons (Fsp3) is 0.478. The number of thiazole rings is 1. The van der Waals surface area contributed by atoms with Gasteiger partial charge in [0.1, 0.15) is 5.01 Å². The maximum absolute atomic E-state index is 5.02. The summed E-state index contributed by atoms with van der Waals surface area (Å²) >= 11 is 1.88. The molecule has 2 aromatic heterocycles. The van der Waals surface area contributed by atoms with Gasteiger partial charge in [-0.2, -0.15) is 0 Å². The minimum absolute atomic E-state index is 0.417. The van der Waals surface area contributed by atoms with Crippen LogP contribution < -0.4 is 4.90 Å². The number of rotatable bonds is 4. The number of anilines is 1. The number of pyridine rings is 1. The molecule has 1 aromatic carbocycles. The molecule has 0 amide bonds. The lowest BCUT2D eigenvalue weighted by molar-refractivity contribution is 0.243. The van der Waals surface area contributed by atoms with E-state index in [4.69, 9.17) is 9.97 Å². The minimum atomic E-state index is 0.417. The van der Waals surface area contributed by atoms with Crippen molar-refractivity contribution in [2.24, 2.45) is 0 Å². The second kappa shape index (κ2) is 8.01. The van der Waals surface area contributed by atoms with Crippen LogP contribution in [0.15, 0.2) is 36.5 Å². The largest absolute Gasteiger partial charge is 0.368 e. The van der Waals surface area contributed by atoms with E-state index in [2.05, 4.69) is 52.9 Å². The predicted molar refractivity (Wildman–Crippen MR) is 121 cm³/mol. The molecule has 2 fully saturated rings. The number of hydrogen-bond acceptors (Lipinski definition) is 6. The lowest BCUT2D eigenvalue weighted by Crippen LogP contribution is -2.44. The summed E-state index contributed by atoms with van der Waals surface area (Å²) in [6, 6.07) is 11.2. The maximum Gasteiger partial charge on any atom is 0.108 e. The average molecular weight is 408 g/mol. The molecule has 5 rings (SSSR count). The molecule has 2 aliphatic rings. The first kappa shape index (κ1) is 19.0. The number of aryl methyl sites for hydroxylation is 1. The Morgan fingerprint density at radius 1 is 1.07 bits per heavy atom. The van der Waals surface area contributed by atoms with Crippen LogP contribution in [-0.4, -0.2) is 59.5 Å². The van der Waals surface area contributed by atoms with Crippen LogP contribution in [0.1, 0.15) is 35.1 Å². The topological polar surface area (TPSA) is 35.5 Å². The molecule has 2 aliphatic heterocycles. The molecule has 5 nitrogen and oxygen atoms in total. The summed E-state index contributed by atoms with van der Waals surface area (Å²) in [5.41, 5.74) is 5.04. The van der Waals surface area contributed by atoms with Gasteiger partial charge in [0.2, 0.25) is 0 Å². The van der Waals surface area contributed by atoms with Crippen molar-refractivity contribution < 1.29 is 0 Å². The van der Waals surface area contributed by atoms with Crippen molar-refractivity contribution in [3.8, 4) is 0 Å². The monoisotopic (exact) mass is 407 g/mol. The maximum atomic E-state index is 5.02. The molecule has 1 atom stereocenters. The van der Waals surface area contributed by atoms with Crippen LogP contribution >= 0.6 is 11.3 Å². The molecule has 4 heterocycles. The second-order valence-corrected chi connectivity index (χ2v) is 9.44. The molecule has 1 unspecified atom stereocenters. The van der Waals surface area contributed by atoms with Crippen molar-refractivity contribution in [1.29, 1.82) is 0 Å². The molecule has 29 heavy (non-hydrogen) atoms. The van der Waals surface area contributed by atoms with E-state index < -0.39 is 0 Å². The van der Waals surface area contributed by atoms with Gasteiger partial charge in [0.25, 0.3) is 0 Å². The molecule has 152 valence electrons. The van der Waals surface area contributed by atoms with E-state index in [0.29, 0.717) is 6.04 Å². The normalized spacial score (nSPS) is 21.3. The van der Waals surface area contributed by atoms with E-state index in [1.807, 2.05) is 23.6 Å². The molecule has 6 heteroatoms. The van der Waals surface area contributed by atoms with Crippen molar-refractivity contribution >= 4 is 27.2 Å². The van der Waals surface area contributed by atoms with Crippen molar-refractivity contribution in [2.45, 2.75) is 32.4 Å². The summed E-state index contributed by atoms with van der Waals surface area (Å²) in [5.74, 6) is 0. The van der Waals surface area contributed by atoms with Gasteiger partial charge in [-0.1, -0.05) is 12.1 Å². The third-order valence-electron chi connectivity index (χ3n) is 6.35. The second-order valence-electron chi connectivity index (χ2n) is 8.36. The van der Waals surface area contributed by atoms with E-state index in [1.54, 1.807) is 0 Å². The third kappa shape index (κ3) is 3.77. The fourth-order valence-corrected chi connectivity index (χ4v) is 5.82. The highest BCUT2D eigenvalue weighted by Gasteiger charge is 2.29. The Morgan fingerprint density at radius 3 is 2.76 bits per heavy atom. The average Bonchev–Trinajstić information content (AvgIpc) is 3.35. The van der Waals surface area contributed by atoms with Crippen LogP contribution in [0.4, 0.5) is 5.69 Å². The summed E-state index contributed by atoms with van der Waals surface area (Å²) in [5, 5.41) is 1.22. The standard InChI is InChI=1S/C23H29N5S/c1-17-6-4-10-24-22(17)19-9-5-11-28(19)16-21-25-18-7-3-8-20(23(18)29-21)27-14-12-26(2)13-15-27/h3-4,6-8,10,19H,5,9,11-16H2,1-2H3. The van der Waals surface area contributed by atoms with E-state index in [0.717, 1.165) is 44.8 Å². The predicted octanol–water partition coefficient (Wildman–Crippen LogP) is 4.09. The summed E-state index contributed by atoms with van der Waals surface area (Å²) < 4.78 is 1.34. The van der Waals surface area contributed by atoms with Crippen LogP contribution in [-0.2, 0) is 6.54 Å². The van der Waals surface area contributed by atoms with Gasteiger partial charge in [0.15, 0.2) is 0 Å². The minimum Gasteiger partial charge on any atom is -0.368 e. The van der Waals surface area contributed by atoms with Crippen molar-refractivity contribution in [2.75, 3.05) is 44.7 Å². The molecule has 3 aromatic rings. The van der Waals surface area contributed by atoms with Gasteiger partial charge in [-0.05, 0) is 57.1 Å². The first-order valence-electron chi connectivity index (χ1n) is 10.7. The number of nitrogens with zero attached hydrogens (tertiary/aromatic N) is 5. The van der Waals surface area contributed by atoms with Gasteiger partial charge < -0.3 is 9.80 Å². The molecule has 0 aliphatic carbocycles. The van der Waals surface area contributed by atoms with Crippen molar-refractivity contribution in [3.05, 3.63) is 52.8 Å². The molecule has 0 N–H and O–H groups in total. The first-order valence-corrected chi connectivity index (χ1v) is 11.5. The summed E-state index contributed by atoms with van der Waals surface area (Å²) in [7, 11) is 2.21. The number of aromatic nitrogens is 2. The molecular formula is C23H29N5S. The van der Waals surface area contributed by atoms with Crippen molar-refractivity contribution in [1.82, 2.24) is 19.8 Å². The molecule has 0 bridgehead atoms. The molecule has 0 saturated carbocycles. The highest BCUT2D eigenvalue weighted by molar-refractivity contribution is 7.19. The number of fused-ring (bicyclic) bond motifs is 1. The Labute approximate surface area is 177 Å². The smallest absolute Gasteiger partial charge is 0.108 e. The van der Waals surface area contributed by atoms with E-state index in [9.17, 15) is 0 Å². The number of likely N-dealkylation sites (N-methyl/N-ethyl adjacent to an activating group) is 1. The highest BCUT2D eigenvalue weighted by atomic mass is 32.1. The van der Waals surface area contributed by atoms with Crippen LogP contribution in [0.3, 0.4) is 0 Å². The Bertz CT molecular complexity index is 992. The summed E-state index contributed by atoms with van der Waals surface area (Å²) in [6.45, 7) is 8.66.